The molecule has 2 N–H and O–H groups in total. The van der Waals surface area contributed by atoms with E-state index >= 15 is 0 Å². The number of nitrogens with one attached hydrogen (secondary N) is 1. The van der Waals surface area contributed by atoms with Crippen molar-refractivity contribution in [3.63, 3.8) is 0 Å². The highest BCUT2D eigenvalue weighted by molar-refractivity contribution is 7.91. The van der Waals surface area contributed by atoms with E-state index in [2.05, 4.69) is 5.32 Å². The number of ether oxygens (including phenoxy) is 1. The molecule has 1 heterocycles. The molecule has 1 unspecified atom stereocenters. The number of rotatable bonds is 4. The van der Waals surface area contributed by atoms with Crippen LogP contribution in [0.3, 0.4) is 0 Å². The van der Waals surface area contributed by atoms with Gasteiger partial charge < -0.3 is 15.2 Å². The van der Waals surface area contributed by atoms with Crippen LogP contribution in [0.15, 0.2) is 24.3 Å². The molecular formula is C13H19NO4S. The van der Waals surface area contributed by atoms with Crippen molar-refractivity contribution in [1.29, 1.82) is 0 Å². The number of sulfone groups is 1. The Kier molecular flexibility index (Phi) is 4.01. The van der Waals surface area contributed by atoms with Gasteiger partial charge in [-0.25, -0.2) is 8.42 Å². The Balaban J connectivity index is 2.17. The minimum Gasteiger partial charge on any atom is -0.497 e. The third-order valence-corrected chi connectivity index (χ3v) is 5.31. The molecule has 5 nitrogen and oxygen atoms in total. The third kappa shape index (κ3) is 3.39. The van der Waals surface area contributed by atoms with E-state index in [1.54, 1.807) is 19.2 Å². The van der Waals surface area contributed by atoms with Crippen molar-refractivity contribution in [2.24, 2.45) is 0 Å². The molecule has 0 amide bonds. The highest BCUT2D eigenvalue weighted by Gasteiger charge is 2.38. The molecule has 0 radical (unpaired) electrons. The second kappa shape index (κ2) is 5.38. The molecule has 0 aromatic heterocycles. The fraction of sp³-hybridized carbons (Fsp3) is 0.538. The lowest BCUT2D eigenvalue weighted by molar-refractivity contribution is 0.212. The Morgan fingerprint density at radius 1 is 1.37 bits per heavy atom. The molecule has 0 aliphatic carbocycles. The lowest BCUT2D eigenvalue weighted by Gasteiger charge is -2.37. The molecule has 1 aliphatic heterocycles. The highest BCUT2D eigenvalue weighted by Crippen LogP contribution is 2.28. The lowest BCUT2D eigenvalue weighted by atomic mass is 9.96. The van der Waals surface area contributed by atoms with E-state index in [9.17, 15) is 13.5 Å². The Morgan fingerprint density at radius 3 is 2.58 bits per heavy atom. The van der Waals surface area contributed by atoms with Crippen LogP contribution in [0.5, 0.6) is 5.75 Å². The maximum Gasteiger partial charge on any atom is 0.152 e. The van der Waals surface area contributed by atoms with Crippen LogP contribution in [-0.2, 0) is 9.84 Å². The Morgan fingerprint density at radius 2 is 2.05 bits per heavy atom. The first-order valence-corrected chi connectivity index (χ1v) is 8.04. The molecule has 0 saturated carbocycles. The molecule has 1 saturated heterocycles. The van der Waals surface area contributed by atoms with Crippen LogP contribution in [0.25, 0.3) is 0 Å². The summed E-state index contributed by atoms with van der Waals surface area (Å²) in [5, 5.41) is 12.8. The van der Waals surface area contributed by atoms with Crippen LogP contribution in [0.2, 0.25) is 0 Å². The summed E-state index contributed by atoms with van der Waals surface area (Å²) >= 11 is 0. The summed E-state index contributed by atoms with van der Waals surface area (Å²) < 4.78 is 28.6. The number of anilines is 1. The van der Waals surface area contributed by atoms with Crippen molar-refractivity contribution in [1.82, 2.24) is 0 Å². The molecule has 2 rings (SSSR count). The van der Waals surface area contributed by atoms with E-state index in [0.29, 0.717) is 12.8 Å². The smallest absolute Gasteiger partial charge is 0.152 e. The van der Waals surface area contributed by atoms with Crippen LogP contribution >= 0.6 is 0 Å². The summed E-state index contributed by atoms with van der Waals surface area (Å²) in [7, 11) is -1.49. The van der Waals surface area contributed by atoms with Gasteiger partial charge in [0.15, 0.2) is 9.84 Å². The van der Waals surface area contributed by atoms with Crippen molar-refractivity contribution in [2.45, 2.75) is 18.4 Å². The van der Waals surface area contributed by atoms with Crippen LogP contribution in [0.1, 0.15) is 12.8 Å². The Hall–Kier alpha value is -1.27. The van der Waals surface area contributed by atoms with E-state index in [4.69, 9.17) is 4.74 Å². The van der Waals surface area contributed by atoms with Gasteiger partial charge in [0.25, 0.3) is 0 Å². The normalized spacial score (nSPS) is 25.8. The van der Waals surface area contributed by atoms with Crippen molar-refractivity contribution in [3.05, 3.63) is 24.3 Å². The van der Waals surface area contributed by atoms with Crippen molar-refractivity contribution in [3.8, 4) is 5.75 Å². The first kappa shape index (κ1) is 14.1. The molecule has 106 valence electrons. The zero-order valence-corrected chi connectivity index (χ0v) is 11.7. The van der Waals surface area contributed by atoms with Gasteiger partial charge in [-0.15, -0.1) is 0 Å². The van der Waals surface area contributed by atoms with Crippen molar-refractivity contribution in [2.75, 3.05) is 30.5 Å². The number of benzene rings is 1. The second-order valence-electron chi connectivity index (χ2n) is 4.99. The van der Waals surface area contributed by atoms with Gasteiger partial charge in [-0.1, -0.05) is 0 Å². The molecule has 1 aliphatic rings. The topological polar surface area (TPSA) is 75.6 Å². The molecule has 19 heavy (non-hydrogen) atoms. The van der Waals surface area contributed by atoms with Gasteiger partial charge in [-0.3, -0.25) is 0 Å². The molecule has 1 aromatic carbocycles. The molecule has 1 aromatic rings. The second-order valence-corrected chi connectivity index (χ2v) is 7.17. The maximum atomic E-state index is 11.7. The van der Waals surface area contributed by atoms with Crippen LogP contribution in [0.4, 0.5) is 5.69 Å². The Labute approximate surface area is 113 Å². The van der Waals surface area contributed by atoms with E-state index in [1.165, 1.54) is 0 Å². The Bertz CT molecular complexity index is 526. The van der Waals surface area contributed by atoms with Crippen molar-refractivity contribution < 1.29 is 18.3 Å². The average molecular weight is 285 g/mol. The fourth-order valence-electron chi connectivity index (χ4n) is 2.44. The summed E-state index contributed by atoms with van der Waals surface area (Å²) in [4.78, 5) is 0. The average Bonchev–Trinajstić information content (AvgIpc) is 2.38. The molecule has 6 heteroatoms. The minimum absolute atomic E-state index is 0.0253. The summed E-state index contributed by atoms with van der Waals surface area (Å²) in [6, 6.07) is 7.23. The first-order valence-electron chi connectivity index (χ1n) is 6.22. The largest absolute Gasteiger partial charge is 0.497 e. The summed E-state index contributed by atoms with van der Waals surface area (Å²) in [6.07, 6.45) is 1.22. The predicted molar refractivity (Wildman–Crippen MR) is 74.3 cm³/mol. The summed E-state index contributed by atoms with van der Waals surface area (Å²) in [5.41, 5.74) is 0.0121. The fourth-order valence-corrected chi connectivity index (χ4v) is 4.32. The lowest BCUT2D eigenvalue weighted by Crippen LogP contribution is -2.51. The van der Waals surface area contributed by atoms with Crippen LogP contribution < -0.4 is 10.1 Å². The van der Waals surface area contributed by atoms with E-state index < -0.39 is 15.4 Å². The van der Waals surface area contributed by atoms with Crippen molar-refractivity contribution >= 4 is 15.5 Å². The molecule has 0 spiro atoms. The van der Waals surface area contributed by atoms with E-state index in [-0.39, 0.29) is 18.1 Å². The zero-order chi connectivity index (χ0) is 13.9. The highest BCUT2D eigenvalue weighted by atomic mass is 32.2. The number of aliphatic hydroxyl groups is 1. The van der Waals surface area contributed by atoms with E-state index in [1.807, 2.05) is 12.1 Å². The molecule has 0 bridgehead atoms. The minimum atomic E-state index is -3.08. The van der Waals surface area contributed by atoms with Gasteiger partial charge in [0.05, 0.1) is 30.8 Å². The van der Waals surface area contributed by atoms with Crippen LogP contribution in [-0.4, -0.2) is 44.3 Å². The summed E-state index contributed by atoms with van der Waals surface area (Å²) in [5.74, 6) is 0.918. The SMILES string of the molecule is COc1ccc(NC2(CO)CCCS(=O)(=O)C2)cc1. The van der Waals surface area contributed by atoms with Gasteiger partial charge in [0.1, 0.15) is 5.75 Å². The van der Waals surface area contributed by atoms with Gasteiger partial charge in [-0.05, 0) is 37.1 Å². The van der Waals surface area contributed by atoms with Gasteiger partial charge in [-0.2, -0.15) is 0 Å². The quantitative estimate of drug-likeness (QED) is 0.864. The molecule has 1 fully saturated rings. The molecule has 1 atom stereocenters. The van der Waals surface area contributed by atoms with E-state index in [0.717, 1.165) is 11.4 Å². The summed E-state index contributed by atoms with van der Waals surface area (Å²) in [6.45, 7) is -0.196. The number of aliphatic hydroxyl groups excluding tert-OH is 1. The number of hydrogen-bond donors (Lipinski definition) is 2. The predicted octanol–water partition coefficient (Wildman–Crippen LogP) is 1.05. The number of hydrogen-bond acceptors (Lipinski definition) is 5. The zero-order valence-electron chi connectivity index (χ0n) is 10.9. The monoisotopic (exact) mass is 285 g/mol. The first-order chi connectivity index (χ1) is 8.99. The molecular weight excluding hydrogens is 266 g/mol. The van der Waals surface area contributed by atoms with Gasteiger partial charge in [0.2, 0.25) is 0 Å². The van der Waals surface area contributed by atoms with Gasteiger partial charge in [0, 0.05) is 5.69 Å². The number of methoxy groups -OCH3 is 1. The maximum absolute atomic E-state index is 11.7. The third-order valence-electron chi connectivity index (χ3n) is 3.41. The van der Waals surface area contributed by atoms with Crippen LogP contribution in [0, 0.1) is 0 Å². The standard InChI is InChI=1S/C13H19NO4S/c1-18-12-5-3-11(4-6-12)14-13(9-15)7-2-8-19(16,17)10-13/h3-6,14-15H,2,7-10H2,1H3. The van der Waals surface area contributed by atoms with Gasteiger partial charge >= 0.3 is 0 Å².